The van der Waals surface area contributed by atoms with Gasteiger partial charge in [0.15, 0.2) is 0 Å². The fourth-order valence-corrected chi connectivity index (χ4v) is 3.55. The molecule has 3 rings (SSSR count). The van der Waals surface area contributed by atoms with Crippen LogP contribution in [0.4, 0.5) is 4.39 Å². The Kier molecular flexibility index (Phi) is 3.05. The Hall–Kier alpha value is -1.09. The van der Waals surface area contributed by atoms with Gasteiger partial charge in [-0.15, -0.1) is 0 Å². The number of rotatable bonds is 0. The van der Waals surface area contributed by atoms with Gasteiger partial charge in [0.25, 0.3) is 0 Å². The molecule has 1 aliphatic heterocycles. The molecule has 1 spiro atoms. The maximum atomic E-state index is 13.2. The van der Waals surface area contributed by atoms with E-state index in [0.717, 1.165) is 19.3 Å². The van der Waals surface area contributed by atoms with E-state index in [9.17, 15) is 9.50 Å². The predicted molar refractivity (Wildman–Crippen MR) is 71.5 cm³/mol. The number of fused-ring (bicyclic) bond motifs is 1. The largest absolute Gasteiger partial charge is 0.487 e. The molecular formula is C16H21FO2. The molecule has 1 aliphatic carbocycles. The zero-order chi connectivity index (χ0) is 13.6. The van der Waals surface area contributed by atoms with E-state index in [0.29, 0.717) is 29.6 Å². The second-order valence-electron chi connectivity index (χ2n) is 6.38. The smallest absolute Gasteiger partial charge is 0.126 e. The zero-order valence-electron chi connectivity index (χ0n) is 11.5. The van der Waals surface area contributed by atoms with Crippen molar-refractivity contribution < 1.29 is 14.2 Å². The van der Waals surface area contributed by atoms with E-state index >= 15 is 0 Å². The molecule has 1 heterocycles. The quantitative estimate of drug-likeness (QED) is 0.771. The fourth-order valence-electron chi connectivity index (χ4n) is 3.55. The van der Waals surface area contributed by atoms with Crippen molar-refractivity contribution in [1.82, 2.24) is 0 Å². The summed E-state index contributed by atoms with van der Waals surface area (Å²) in [5, 5.41) is 10.3. The van der Waals surface area contributed by atoms with Gasteiger partial charge in [-0.3, -0.25) is 0 Å². The van der Waals surface area contributed by atoms with Gasteiger partial charge in [-0.2, -0.15) is 0 Å². The molecule has 0 amide bonds. The predicted octanol–water partition coefficient (Wildman–Crippen LogP) is 3.84. The minimum atomic E-state index is -0.611. The summed E-state index contributed by atoms with van der Waals surface area (Å²) < 4.78 is 19.4. The number of halogens is 1. The van der Waals surface area contributed by atoms with Crippen molar-refractivity contribution >= 4 is 0 Å². The summed E-state index contributed by atoms with van der Waals surface area (Å²) in [4.78, 5) is 0. The van der Waals surface area contributed by atoms with E-state index in [2.05, 4.69) is 13.8 Å². The van der Waals surface area contributed by atoms with Gasteiger partial charge in [0.05, 0.1) is 6.10 Å². The van der Waals surface area contributed by atoms with Gasteiger partial charge in [-0.1, -0.05) is 13.8 Å². The molecule has 1 aromatic rings. The van der Waals surface area contributed by atoms with Gasteiger partial charge in [-0.05, 0) is 49.3 Å². The van der Waals surface area contributed by atoms with E-state index in [-0.39, 0.29) is 11.4 Å². The van der Waals surface area contributed by atoms with Crippen LogP contribution in [0.1, 0.15) is 51.2 Å². The highest BCUT2D eigenvalue weighted by atomic mass is 19.1. The van der Waals surface area contributed by atoms with Crippen molar-refractivity contribution in [2.45, 2.75) is 51.2 Å². The highest BCUT2D eigenvalue weighted by molar-refractivity contribution is 5.38. The third-order valence-electron chi connectivity index (χ3n) is 4.94. The second kappa shape index (κ2) is 4.48. The van der Waals surface area contributed by atoms with E-state index < -0.39 is 6.10 Å². The van der Waals surface area contributed by atoms with E-state index in [1.165, 1.54) is 12.1 Å². The first-order chi connectivity index (χ1) is 8.99. The molecule has 1 aromatic carbocycles. The van der Waals surface area contributed by atoms with Gasteiger partial charge in [0.1, 0.15) is 17.2 Å². The molecule has 2 aliphatic rings. The molecule has 4 unspecified atom stereocenters. The van der Waals surface area contributed by atoms with Crippen molar-refractivity contribution in [3.8, 4) is 5.75 Å². The minimum absolute atomic E-state index is 0.254. The first-order valence-electron chi connectivity index (χ1n) is 7.16. The monoisotopic (exact) mass is 264 g/mol. The van der Waals surface area contributed by atoms with Gasteiger partial charge in [-0.25, -0.2) is 4.39 Å². The Morgan fingerprint density at radius 2 is 2.05 bits per heavy atom. The van der Waals surface area contributed by atoms with Crippen LogP contribution in [0.2, 0.25) is 0 Å². The summed E-state index contributed by atoms with van der Waals surface area (Å²) in [5.74, 6) is 1.65. The second-order valence-corrected chi connectivity index (χ2v) is 6.38. The van der Waals surface area contributed by atoms with E-state index in [1.807, 2.05) is 0 Å². The highest BCUT2D eigenvalue weighted by Gasteiger charge is 2.44. The van der Waals surface area contributed by atoms with Crippen LogP contribution < -0.4 is 4.74 Å². The molecule has 0 radical (unpaired) electrons. The lowest BCUT2D eigenvalue weighted by Crippen LogP contribution is -2.46. The lowest BCUT2D eigenvalue weighted by Gasteiger charge is -2.46. The molecule has 1 saturated carbocycles. The average Bonchev–Trinajstić information content (AvgIpc) is 2.36. The van der Waals surface area contributed by atoms with Crippen molar-refractivity contribution in [3.05, 3.63) is 29.6 Å². The maximum Gasteiger partial charge on any atom is 0.126 e. The van der Waals surface area contributed by atoms with Crippen molar-refractivity contribution in [3.63, 3.8) is 0 Å². The number of benzene rings is 1. The summed E-state index contributed by atoms with van der Waals surface area (Å²) in [7, 11) is 0. The zero-order valence-corrected chi connectivity index (χ0v) is 11.5. The first-order valence-corrected chi connectivity index (χ1v) is 7.16. The molecule has 1 N–H and O–H groups in total. The van der Waals surface area contributed by atoms with Crippen LogP contribution in [0.5, 0.6) is 5.75 Å². The molecular weight excluding hydrogens is 243 g/mol. The number of ether oxygens (including phenoxy) is 1. The van der Waals surface area contributed by atoms with Gasteiger partial charge >= 0.3 is 0 Å². The Morgan fingerprint density at radius 3 is 2.79 bits per heavy atom. The van der Waals surface area contributed by atoms with Crippen LogP contribution in [0.25, 0.3) is 0 Å². The Morgan fingerprint density at radius 1 is 1.26 bits per heavy atom. The molecule has 4 atom stereocenters. The van der Waals surface area contributed by atoms with Gasteiger partial charge in [0, 0.05) is 12.0 Å². The van der Waals surface area contributed by atoms with E-state index in [4.69, 9.17) is 4.74 Å². The third kappa shape index (κ3) is 2.25. The van der Waals surface area contributed by atoms with Crippen LogP contribution in [-0.4, -0.2) is 10.7 Å². The SMILES string of the molecule is CC1CCC2(CC(O)c3cc(F)ccc3O2)CC1C. The average molecular weight is 264 g/mol. The fraction of sp³-hybridized carbons (Fsp3) is 0.625. The Labute approximate surface area is 113 Å². The van der Waals surface area contributed by atoms with Crippen LogP contribution in [0.3, 0.4) is 0 Å². The Balaban J connectivity index is 1.90. The van der Waals surface area contributed by atoms with Crippen molar-refractivity contribution in [2.75, 3.05) is 0 Å². The van der Waals surface area contributed by atoms with Crippen LogP contribution >= 0.6 is 0 Å². The van der Waals surface area contributed by atoms with E-state index in [1.54, 1.807) is 6.07 Å². The summed E-state index contributed by atoms with van der Waals surface area (Å²) >= 11 is 0. The number of aliphatic hydroxyl groups is 1. The third-order valence-corrected chi connectivity index (χ3v) is 4.94. The summed E-state index contributed by atoms with van der Waals surface area (Å²) in [6.45, 7) is 4.53. The summed E-state index contributed by atoms with van der Waals surface area (Å²) in [5.41, 5.74) is 0.341. The van der Waals surface area contributed by atoms with Gasteiger partial charge in [0.2, 0.25) is 0 Å². The van der Waals surface area contributed by atoms with Crippen LogP contribution in [-0.2, 0) is 0 Å². The first kappa shape index (κ1) is 12.9. The maximum absolute atomic E-state index is 13.2. The molecule has 0 bridgehead atoms. The molecule has 3 heteroatoms. The normalized spacial score (nSPS) is 37.8. The number of aliphatic hydroxyl groups excluding tert-OH is 1. The number of hydrogen-bond donors (Lipinski definition) is 1. The molecule has 104 valence electrons. The highest BCUT2D eigenvalue weighted by Crippen LogP contribution is 2.48. The summed E-state index contributed by atoms with van der Waals surface area (Å²) in [6, 6.07) is 4.44. The standard InChI is InChI=1S/C16H21FO2/c1-10-5-6-16(8-11(10)2)9-14(18)13-7-12(17)3-4-15(13)19-16/h3-4,7,10-11,14,18H,5-6,8-9H2,1-2H3. The Bertz CT molecular complexity index is 488. The number of hydrogen-bond acceptors (Lipinski definition) is 2. The molecule has 1 fully saturated rings. The lowest BCUT2D eigenvalue weighted by molar-refractivity contribution is -0.0603. The van der Waals surface area contributed by atoms with Crippen molar-refractivity contribution in [2.24, 2.45) is 11.8 Å². The summed E-state index contributed by atoms with van der Waals surface area (Å²) in [6.07, 6.45) is 3.05. The van der Waals surface area contributed by atoms with Crippen LogP contribution in [0.15, 0.2) is 18.2 Å². The van der Waals surface area contributed by atoms with Crippen LogP contribution in [0, 0.1) is 17.7 Å². The minimum Gasteiger partial charge on any atom is -0.487 e. The molecule has 2 nitrogen and oxygen atoms in total. The topological polar surface area (TPSA) is 29.5 Å². The van der Waals surface area contributed by atoms with Gasteiger partial charge < -0.3 is 9.84 Å². The van der Waals surface area contributed by atoms with Crippen molar-refractivity contribution in [1.29, 1.82) is 0 Å². The molecule has 19 heavy (non-hydrogen) atoms. The lowest BCUT2D eigenvalue weighted by atomic mass is 9.69. The molecule has 0 saturated heterocycles. The molecule has 0 aromatic heterocycles.